The predicted octanol–water partition coefficient (Wildman–Crippen LogP) is 8.25. The molecular formula is C30H45NO. The van der Waals surface area contributed by atoms with Crippen LogP contribution in [0.15, 0.2) is 97.1 Å². The molecule has 3 aromatic rings. The van der Waals surface area contributed by atoms with E-state index >= 15 is 0 Å². The Morgan fingerprint density at radius 3 is 1.16 bits per heavy atom. The van der Waals surface area contributed by atoms with Gasteiger partial charge in [0, 0.05) is 21.0 Å². The average molecular weight is 436 g/mol. The Morgan fingerprint density at radius 1 is 0.656 bits per heavy atom. The van der Waals surface area contributed by atoms with E-state index in [9.17, 15) is 4.79 Å². The first-order chi connectivity index (χ1) is 15.3. The molecule has 0 radical (unpaired) electrons. The van der Waals surface area contributed by atoms with Crippen LogP contribution in [0.2, 0.25) is 0 Å². The summed E-state index contributed by atoms with van der Waals surface area (Å²) in [6.07, 6.45) is 0. The van der Waals surface area contributed by atoms with E-state index in [0.717, 1.165) is 5.92 Å². The molecule has 1 unspecified atom stereocenters. The molecule has 0 fully saturated rings. The van der Waals surface area contributed by atoms with Crippen molar-refractivity contribution >= 4 is 5.91 Å². The van der Waals surface area contributed by atoms with Crippen molar-refractivity contribution < 1.29 is 4.79 Å². The fourth-order valence-electron chi connectivity index (χ4n) is 2.06. The van der Waals surface area contributed by atoms with Crippen LogP contribution in [0.1, 0.15) is 58.6 Å². The Balaban J connectivity index is 0. The van der Waals surface area contributed by atoms with Crippen LogP contribution < -0.4 is 0 Å². The Labute approximate surface area is 198 Å². The molecule has 0 aromatic heterocycles. The summed E-state index contributed by atoms with van der Waals surface area (Å²) in [5, 5.41) is 0. The van der Waals surface area contributed by atoms with E-state index in [1.54, 1.807) is 14.1 Å². The highest BCUT2D eigenvalue weighted by Crippen LogP contribution is 2.22. The molecule has 3 aromatic carbocycles. The van der Waals surface area contributed by atoms with E-state index in [-0.39, 0.29) is 5.91 Å². The molecular weight excluding hydrogens is 390 g/mol. The van der Waals surface area contributed by atoms with Crippen LogP contribution in [0.3, 0.4) is 0 Å². The first kappa shape index (κ1) is 31.3. The summed E-state index contributed by atoms with van der Waals surface area (Å²) in [6, 6.07) is 32.9. The van der Waals surface area contributed by atoms with Crippen LogP contribution in [-0.4, -0.2) is 24.9 Å². The highest BCUT2D eigenvalue weighted by Gasteiger charge is 2.07. The van der Waals surface area contributed by atoms with Crippen molar-refractivity contribution in [2.75, 3.05) is 14.1 Å². The zero-order chi connectivity index (χ0) is 24.8. The molecule has 0 spiro atoms. The SMILES string of the molecule is CC.CC(=O)N(C)C.CC(C)C(C)c1ccccc1.Cc1ccccc1.c1ccccc1. The maximum absolute atomic E-state index is 10.1. The molecule has 32 heavy (non-hydrogen) atoms. The van der Waals surface area contributed by atoms with Gasteiger partial charge in [-0.2, -0.15) is 0 Å². The van der Waals surface area contributed by atoms with Gasteiger partial charge in [0.1, 0.15) is 0 Å². The molecule has 0 saturated heterocycles. The Bertz CT molecular complexity index is 726. The quantitative estimate of drug-likeness (QED) is 0.397. The molecule has 0 aliphatic carbocycles. The molecule has 1 atom stereocenters. The van der Waals surface area contributed by atoms with Crippen molar-refractivity contribution in [1.82, 2.24) is 4.90 Å². The molecule has 0 N–H and O–H groups in total. The summed E-state index contributed by atoms with van der Waals surface area (Å²) in [5.74, 6) is 1.50. The van der Waals surface area contributed by atoms with E-state index in [0.29, 0.717) is 5.92 Å². The lowest BCUT2D eigenvalue weighted by Crippen LogP contribution is -2.17. The van der Waals surface area contributed by atoms with Crippen LogP contribution >= 0.6 is 0 Å². The van der Waals surface area contributed by atoms with Gasteiger partial charge in [-0.05, 0) is 24.3 Å². The van der Waals surface area contributed by atoms with Crippen LogP contribution in [0.4, 0.5) is 0 Å². The van der Waals surface area contributed by atoms with Crippen LogP contribution in [0.25, 0.3) is 0 Å². The molecule has 0 aliphatic heterocycles. The molecule has 0 aliphatic rings. The number of carbonyl (C=O) groups is 1. The normalized spacial score (nSPS) is 9.69. The van der Waals surface area contributed by atoms with Crippen molar-refractivity contribution in [1.29, 1.82) is 0 Å². The summed E-state index contributed by atoms with van der Waals surface area (Å²) < 4.78 is 0. The first-order valence-corrected chi connectivity index (χ1v) is 11.5. The average Bonchev–Trinajstić information content (AvgIpc) is 2.83. The monoisotopic (exact) mass is 435 g/mol. The summed E-state index contributed by atoms with van der Waals surface area (Å²) in [4.78, 5) is 11.6. The van der Waals surface area contributed by atoms with Crippen molar-refractivity contribution in [3.8, 4) is 0 Å². The Morgan fingerprint density at radius 2 is 0.938 bits per heavy atom. The van der Waals surface area contributed by atoms with Crippen LogP contribution in [-0.2, 0) is 4.79 Å². The van der Waals surface area contributed by atoms with Crippen molar-refractivity contribution in [3.05, 3.63) is 108 Å². The fourth-order valence-corrected chi connectivity index (χ4v) is 2.06. The molecule has 1 amide bonds. The number of carbonyl (C=O) groups excluding carboxylic acids is 1. The van der Waals surface area contributed by atoms with Gasteiger partial charge in [-0.1, -0.05) is 137 Å². The summed E-state index contributed by atoms with van der Waals surface area (Å²) in [5.41, 5.74) is 2.77. The van der Waals surface area contributed by atoms with E-state index in [1.165, 1.54) is 23.0 Å². The van der Waals surface area contributed by atoms with E-state index in [4.69, 9.17) is 0 Å². The fraction of sp³-hybridized carbons (Fsp3) is 0.367. The third-order valence-corrected chi connectivity index (χ3v) is 4.56. The molecule has 2 nitrogen and oxygen atoms in total. The van der Waals surface area contributed by atoms with Gasteiger partial charge < -0.3 is 4.90 Å². The number of nitrogens with zero attached hydrogens (tertiary/aromatic N) is 1. The highest BCUT2D eigenvalue weighted by molar-refractivity contribution is 5.72. The minimum Gasteiger partial charge on any atom is -0.349 e. The van der Waals surface area contributed by atoms with Crippen LogP contribution in [0.5, 0.6) is 0 Å². The second-order valence-electron chi connectivity index (χ2n) is 7.67. The Hall–Kier alpha value is -2.87. The number of rotatable bonds is 2. The lowest BCUT2D eigenvalue weighted by molar-refractivity contribution is -0.126. The topological polar surface area (TPSA) is 20.3 Å². The van der Waals surface area contributed by atoms with Gasteiger partial charge in [0.2, 0.25) is 5.91 Å². The van der Waals surface area contributed by atoms with Crippen molar-refractivity contribution in [2.45, 2.75) is 54.4 Å². The molecule has 0 saturated carbocycles. The zero-order valence-corrected chi connectivity index (χ0v) is 21.7. The highest BCUT2D eigenvalue weighted by atomic mass is 16.2. The number of hydrogen-bond donors (Lipinski definition) is 0. The van der Waals surface area contributed by atoms with Crippen molar-refractivity contribution in [2.24, 2.45) is 5.92 Å². The van der Waals surface area contributed by atoms with E-state index in [1.807, 2.05) is 68.4 Å². The van der Waals surface area contributed by atoms with Gasteiger partial charge in [0.15, 0.2) is 0 Å². The third kappa shape index (κ3) is 19.1. The summed E-state index contributed by atoms with van der Waals surface area (Å²) in [7, 11) is 3.45. The van der Waals surface area contributed by atoms with E-state index < -0.39 is 0 Å². The largest absolute Gasteiger partial charge is 0.349 e. The molecule has 3 rings (SSSR count). The standard InChI is InChI=1S/C11H16.C7H8.C6H6.C4H9NO.C2H6/c1-9(2)10(3)11-7-5-4-6-8-11;1-7-5-3-2-4-6-7;1-2-4-6-5-3-1;1-4(6)5(2)3;1-2/h4-10H,1-3H3;2-6H,1H3;1-6H;1-3H3;1-2H3. The lowest BCUT2D eigenvalue weighted by atomic mass is 9.91. The number of aryl methyl sites for hydroxylation is 1. The second kappa shape index (κ2) is 21.4. The third-order valence-electron chi connectivity index (χ3n) is 4.56. The molecule has 0 bridgehead atoms. The predicted molar refractivity (Wildman–Crippen MR) is 143 cm³/mol. The maximum atomic E-state index is 10.1. The van der Waals surface area contributed by atoms with Gasteiger partial charge in [-0.25, -0.2) is 0 Å². The van der Waals surface area contributed by atoms with Gasteiger partial charge in [-0.3, -0.25) is 4.79 Å². The van der Waals surface area contributed by atoms with E-state index in [2.05, 4.69) is 70.2 Å². The minimum atomic E-state index is 0.0926. The maximum Gasteiger partial charge on any atom is 0.218 e. The second-order valence-corrected chi connectivity index (χ2v) is 7.67. The van der Waals surface area contributed by atoms with Gasteiger partial charge in [0.25, 0.3) is 0 Å². The summed E-state index contributed by atoms with van der Waals surface area (Å²) >= 11 is 0. The minimum absolute atomic E-state index is 0.0926. The summed E-state index contributed by atoms with van der Waals surface area (Å²) in [6.45, 7) is 14.4. The number of hydrogen-bond acceptors (Lipinski definition) is 1. The van der Waals surface area contributed by atoms with Gasteiger partial charge in [0.05, 0.1) is 0 Å². The Kier molecular flexibility index (Phi) is 20.9. The number of benzene rings is 3. The lowest BCUT2D eigenvalue weighted by Gasteiger charge is -2.15. The number of amides is 1. The van der Waals surface area contributed by atoms with Crippen LogP contribution in [0, 0.1) is 12.8 Å². The first-order valence-electron chi connectivity index (χ1n) is 11.5. The van der Waals surface area contributed by atoms with Crippen molar-refractivity contribution in [3.63, 3.8) is 0 Å². The molecule has 0 heterocycles. The van der Waals surface area contributed by atoms with Gasteiger partial charge in [-0.15, -0.1) is 0 Å². The zero-order valence-electron chi connectivity index (χ0n) is 21.7. The smallest absolute Gasteiger partial charge is 0.218 e. The molecule has 176 valence electrons. The van der Waals surface area contributed by atoms with Gasteiger partial charge >= 0.3 is 0 Å². The molecule has 2 heteroatoms.